The summed E-state index contributed by atoms with van der Waals surface area (Å²) in [6.07, 6.45) is 5.58. The van der Waals surface area contributed by atoms with E-state index in [1.807, 2.05) is 0 Å². The van der Waals surface area contributed by atoms with Gasteiger partial charge < -0.3 is 5.32 Å². The molecule has 0 radical (unpaired) electrons. The summed E-state index contributed by atoms with van der Waals surface area (Å²) < 4.78 is 0. The van der Waals surface area contributed by atoms with Crippen molar-refractivity contribution in [2.75, 3.05) is 25.4 Å². The lowest BCUT2D eigenvalue weighted by Gasteiger charge is -2.43. The minimum Gasteiger partial charge on any atom is -0.315 e. The highest BCUT2D eigenvalue weighted by Crippen LogP contribution is 2.30. The van der Waals surface area contributed by atoms with E-state index in [0.717, 1.165) is 17.3 Å². The van der Waals surface area contributed by atoms with Gasteiger partial charge in [-0.15, -0.1) is 0 Å². The summed E-state index contributed by atoms with van der Waals surface area (Å²) in [6.45, 7) is 8.42. The molecule has 0 aromatic rings. The topological polar surface area (TPSA) is 15.3 Å². The second-order valence-corrected chi connectivity index (χ2v) is 6.60. The molecule has 2 rings (SSSR count). The van der Waals surface area contributed by atoms with Crippen LogP contribution in [-0.2, 0) is 0 Å². The summed E-state index contributed by atoms with van der Waals surface area (Å²) >= 11 is 2.17. The van der Waals surface area contributed by atoms with E-state index in [1.54, 1.807) is 0 Å². The number of nitrogens with one attached hydrogen (secondary N) is 1. The molecule has 16 heavy (non-hydrogen) atoms. The van der Waals surface area contributed by atoms with Crippen molar-refractivity contribution in [2.45, 2.75) is 56.9 Å². The third kappa shape index (κ3) is 2.93. The molecule has 2 saturated heterocycles. The number of piperidine rings is 1. The minimum absolute atomic E-state index is 0.796. The summed E-state index contributed by atoms with van der Waals surface area (Å²) in [7, 11) is 0. The fourth-order valence-electron chi connectivity index (χ4n) is 3.22. The van der Waals surface area contributed by atoms with Gasteiger partial charge in [0.1, 0.15) is 0 Å². The Morgan fingerprint density at radius 1 is 1.31 bits per heavy atom. The second kappa shape index (κ2) is 6.27. The van der Waals surface area contributed by atoms with Gasteiger partial charge >= 0.3 is 0 Å². The van der Waals surface area contributed by atoms with Crippen LogP contribution in [-0.4, -0.2) is 47.6 Å². The molecule has 2 aliphatic heterocycles. The highest BCUT2D eigenvalue weighted by Gasteiger charge is 2.31. The van der Waals surface area contributed by atoms with Gasteiger partial charge in [0.15, 0.2) is 0 Å². The lowest BCUT2D eigenvalue weighted by atomic mass is 9.99. The maximum absolute atomic E-state index is 3.56. The van der Waals surface area contributed by atoms with Crippen LogP contribution in [0.25, 0.3) is 0 Å². The van der Waals surface area contributed by atoms with Crippen LogP contribution in [0.2, 0.25) is 0 Å². The molecule has 0 amide bonds. The van der Waals surface area contributed by atoms with Crippen LogP contribution in [0.3, 0.4) is 0 Å². The molecule has 2 aliphatic rings. The van der Waals surface area contributed by atoms with Crippen LogP contribution in [0, 0.1) is 0 Å². The minimum atomic E-state index is 0.796. The SMILES string of the molecule is CCN(C1CCCNC1)C1CCCSC1C. The first-order valence-corrected chi connectivity index (χ1v) is 7.96. The zero-order valence-corrected chi connectivity index (χ0v) is 11.6. The molecule has 3 atom stereocenters. The van der Waals surface area contributed by atoms with Gasteiger partial charge in [0.05, 0.1) is 0 Å². The second-order valence-electron chi connectivity index (χ2n) is 5.12. The van der Waals surface area contributed by atoms with Crippen LogP contribution < -0.4 is 5.32 Å². The molecule has 2 fully saturated rings. The zero-order valence-electron chi connectivity index (χ0n) is 10.7. The van der Waals surface area contributed by atoms with Crippen LogP contribution in [0.5, 0.6) is 0 Å². The van der Waals surface area contributed by atoms with Crippen molar-refractivity contribution in [1.82, 2.24) is 10.2 Å². The van der Waals surface area contributed by atoms with E-state index in [4.69, 9.17) is 0 Å². The zero-order chi connectivity index (χ0) is 11.4. The van der Waals surface area contributed by atoms with E-state index in [1.165, 1.54) is 51.1 Å². The molecule has 0 saturated carbocycles. The van der Waals surface area contributed by atoms with Crippen LogP contribution >= 0.6 is 11.8 Å². The van der Waals surface area contributed by atoms with Crippen molar-refractivity contribution in [1.29, 1.82) is 0 Å². The lowest BCUT2D eigenvalue weighted by Crippen LogP contribution is -2.53. The number of thioether (sulfide) groups is 1. The lowest BCUT2D eigenvalue weighted by molar-refractivity contribution is 0.110. The van der Waals surface area contributed by atoms with Crippen LogP contribution in [0.4, 0.5) is 0 Å². The first-order chi connectivity index (χ1) is 7.83. The highest BCUT2D eigenvalue weighted by atomic mass is 32.2. The molecule has 2 heterocycles. The number of likely N-dealkylation sites (N-methyl/N-ethyl adjacent to an activating group) is 1. The Morgan fingerprint density at radius 2 is 2.19 bits per heavy atom. The third-order valence-electron chi connectivity index (χ3n) is 4.10. The Morgan fingerprint density at radius 3 is 2.81 bits per heavy atom. The van der Waals surface area contributed by atoms with E-state index in [9.17, 15) is 0 Å². The van der Waals surface area contributed by atoms with E-state index in [2.05, 4.69) is 35.8 Å². The normalized spacial score (nSPS) is 36.6. The highest BCUT2D eigenvalue weighted by molar-refractivity contribution is 7.99. The van der Waals surface area contributed by atoms with Crippen LogP contribution in [0.1, 0.15) is 39.5 Å². The van der Waals surface area contributed by atoms with Gasteiger partial charge in [0.2, 0.25) is 0 Å². The average molecular weight is 242 g/mol. The molecular formula is C13H26N2S. The molecule has 94 valence electrons. The Labute approximate surface area is 105 Å². The molecule has 3 unspecified atom stereocenters. The fraction of sp³-hybridized carbons (Fsp3) is 1.00. The molecule has 1 N–H and O–H groups in total. The molecule has 0 spiro atoms. The standard InChI is InChI=1S/C13H26N2S/c1-3-15(12-6-4-8-14-10-12)13-7-5-9-16-11(13)2/h11-14H,3-10H2,1-2H3. The Kier molecular flexibility index (Phi) is 4.98. The number of rotatable bonds is 3. The Bertz CT molecular complexity index is 204. The third-order valence-corrected chi connectivity index (χ3v) is 5.46. The molecule has 0 bridgehead atoms. The van der Waals surface area contributed by atoms with Gasteiger partial charge in [0, 0.05) is 23.9 Å². The monoisotopic (exact) mass is 242 g/mol. The predicted molar refractivity (Wildman–Crippen MR) is 73.2 cm³/mol. The summed E-state index contributed by atoms with van der Waals surface area (Å²) in [4.78, 5) is 2.78. The predicted octanol–water partition coefficient (Wildman–Crippen LogP) is 2.34. The number of hydrogen-bond donors (Lipinski definition) is 1. The van der Waals surface area contributed by atoms with Crippen molar-refractivity contribution in [3.8, 4) is 0 Å². The van der Waals surface area contributed by atoms with Crippen molar-refractivity contribution >= 4 is 11.8 Å². The summed E-state index contributed by atoms with van der Waals surface area (Å²) in [5.41, 5.74) is 0. The molecule has 0 aromatic heterocycles. The maximum atomic E-state index is 3.56. The molecule has 3 heteroatoms. The van der Waals surface area contributed by atoms with Gasteiger partial charge in [-0.2, -0.15) is 11.8 Å². The van der Waals surface area contributed by atoms with Crippen LogP contribution in [0.15, 0.2) is 0 Å². The number of nitrogens with zero attached hydrogens (tertiary/aromatic N) is 1. The van der Waals surface area contributed by atoms with Crippen molar-refractivity contribution in [3.63, 3.8) is 0 Å². The summed E-state index contributed by atoms with van der Waals surface area (Å²) in [5, 5.41) is 4.38. The summed E-state index contributed by atoms with van der Waals surface area (Å²) in [5.74, 6) is 1.37. The van der Waals surface area contributed by atoms with Gasteiger partial charge in [0.25, 0.3) is 0 Å². The average Bonchev–Trinajstić information content (AvgIpc) is 2.34. The smallest absolute Gasteiger partial charge is 0.0224 e. The first kappa shape index (κ1) is 12.7. The fourth-order valence-corrected chi connectivity index (χ4v) is 4.44. The first-order valence-electron chi connectivity index (χ1n) is 6.91. The maximum Gasteiger partial charge on any atom is 0.0224 e. The quantitative estimate of drug-likeness (QED) is 0.818. The van der Waals surface area contributed by atoms with Gasteiger partial charge in [-0.05, 0) is 44.5 Å². The van der Waals surface area contributed by atoms with Gasteiger partial charge in [-0.1, -0.05) is 13.8 Å². The Hall–Kier alpha value is 0.270. The molecular weight excluding hydrogens is 216 g/mol. The number of hydrogen-bond acceptors (Lipinski definition) is 3. The van der Waals surface area contributed by atoms with E-state index >= 15 is 0 Å². The molecule has 0 aliphatic carbocycles. The largest absolute Gasteiger partial charge is 0.315 e. The van der Waals surface area contributed by atoms with E-state index in [0.29, 0.717) is 0 Å². The van der Waals surface area contributed by atoms with E-state index < -0.39 is 0 Å². The van der Waals surface area contributed by atoms with Crippen molar-refractivity contribution < 1.29 is 0 Å². The van der Waals surface area contributed by atoms with Gasteiger partial charge in [-0.25, -0.2) is 0 Å². The van der Waals surface area contributed by atoms with Crippen molar-refractivity contribution in [2.24, 2.45) is 0 Å². The van der Waals surface area contributed by atoms with Gasteiger partial charge in [-0.3, -0.25) is 4.90 Å². The Balaban J connectivity index is 1.96. The molecule has 0 aromatic carbocycles. The van der Waals surface area contributed by atoms with Crippen molar-refractivity contribution in [3.05, 3.63) is 0 Å². The molecule has 2 nitrogen and oxygen atoms in total. The summed E-state index contributed by atoms with van der Waals surface area (Å²) in [6, 6.07) is 1.62. The van der Waals surface area contributed by atoms with E-state index in [-0.39, 0.29) is 0 Å².